The molecule has 2 amide bonds. The number of amides is 2. The van der Waals surface area contributed by atoms with Gasteiger partial charge in [-0.15, -0.1) is 0 Å². The van der Waals surface area contributed by atoms with E-state index in [1.54, 1.807) is 67.4 Å². The molecule has 48 heavy (non-hydrogen) atoms. The molecule has 0 saturated carbocycles. The first-order valence-electron chi connectivity index (χ1n) is 15.2. The quantitative estimate of drug-likeness (QED) is 0.173. The Morgan fingerprint density at radius 3 is 2.38 bits per heavy atom. The minimum atomic E-state index is -3.78. The Bertz CT molecular complexity index is 2030. The maximum absolute atomic E-state index is 14.8. The first kappa shape index (κ1) is 34.8. The minimum absolute atomic E-state index is 0.0903. The van der Waals surface area contributed by atoms with Gasteiger partial charge in [0.05, 0.1) is 42.9 Å². The van der Waals surface area contributed by atoms with E-state index in [0.717, 1.165) is 0 Å². The van der Waals surface area contributed by atoms with Gasteiger partial charge in [-0.2, -0.15) is 0 Å². The highest BCUT2D eigenvalue weighted by Gasteiger charge is 2.38. The standard InChI is InChI=1S/C34H37BrN4O8S/c1-19(2)48(43,44)30-13-10-22(38-34(42)47-5)17-25(30)27-7-6-14-39(27)33(41)31(20-8-12-28(45-3)29(15-20)46-4)37-21-9-11-23-24(16-21)32(40)36-18-26(23)35/h8-13,15-19,27,31,37H,6-7,14H2,1-5H3,(H,36,40)(H,38,42). The fraction of sp³-hybridized carbons (Fsp3) is 0.324. The van der Waals surface area contributed by atoms with E-state index in [-0.39, 0.29) is 16.4 Å². The second-order valence-corrected chi connectivity index (χ2v) is 14.9. The molecule has 1 aliphatic heterocycles. The lowest BCUT2D eigenvalue weighted by molar-refractivity contribution is -0.133. The largest absolute Gasteiger partial charge is 0.493 e. The van der Waals surface area contributed by atoms with Crippen molar-refractivity contribution in [3.05, 3.63) is 86.7 Å². The number of aromatic nitrogens is 1. The number of fused-ring (bicyclic) bond motifs is 1. The molecule has 1 aliphatic rings. The topological polar surface area (TPSA) is 156 Å². The number of anilines is 2. The molecule has 14 heteroatoms. The summed E-state index contributed by atoms with van der Waals surface area (Å²) in [5, 5.41) is 6.34. The van der Waals surface area contributed by atoms with Gasteiger partial charge in [-0.25, -0.2) is 13.2 Å². The molecule has 0 spiro atoms. The van der Waals surface area contributed by atoms with Crippen molar-refractivity contribution in [2.24, 2.45) is 0 Å². The number of H-pyrrole nitrogens is 1. The second kappa shape index (κ2) is 14.3. The van der Waals surface area contributed by atoms with Gasteiger partial charge < -0.3 is 29.4 Å². The Morgan fingerprint density at radius 1 is 0.958 bits per heavy atom. The summed E-state index contributed by atoms with van der Waals surface area (Å²) in [5.41, 5.74) is 1.52. The maximum atomic E-state index is 14.8. The van der Waals surface area contributed by atoms with Gasteiger partial charge in [-0.3, -0.25) is 14.9 Å². The number of rotatable bonds is 10. The molecule has 1 saturated heterocycles. The summed E-state index contributed by atoms with van der Waals surface area (Å²) in [4.78, 5) is 44.0. The second-order valence-electron chi connectivity index (χ2n) is 11.6. The Balaban J connectivity index is 1.62. The predicted octanol–water partition coefficient (Wildman–Crippen LogP) is 6.19. The predicted molar refractivity (Wildman–Crippen MR) is 187 cm³/mol. The molecule has 254 valence electrons. The van der Waals surface area contributed by atoms with Crippen molar-refractivity contribution in [1.82, 2.24) is 9.88 Å². The molecule has 1 fully saturated rings. The third-order valence-corrected chi connectivity index (χ3v) is 11.3. The number of hydrogen-bond acceptors (Lipinski definition) is 9. The lowest BCUT2D eigenvalue weighted by atomic mass is 10.0. The molecule has 3 N–H and O–H groups in total. The SMILES string of the molecule is COC(=O)Nc1ccc(S(=O)(=O)C(C)C)c(C2CCCN2C(=O)C(Nc2ccc3c(Br)c[nH]c(=O)c3c2)c2ccc(OC)c(OC)c2)c1. The van der Waals surface area contributed by atoms with Crippen LogP contribution in [-0.2, 0) is 19.4 Å². The number of methoxy groups -OCH3 is 3. The lowest BCUT2D eigenvalue weighted by Crippen LogP contribution is -2.38. The number of ether oxygens (including phenoxy) is 3. The van der Waals surface area contributed by atoms with Gasteiger partial charge in [-0.1, -0.05) is 12.1 Å². The van der Waals surface area contributed by atoms with Gasteiger partial charge in [0.25, 0.3) is 5.56 Å². The van der Waals surface area contributed by atoms with Gasteiger partial charge in [0.1, 0.15) is 6.04 Å². The zero-order valence-electron chi connectivity index (χ0n) is 27.1. The fourth-order valence-electron chi connectivity index (χ4n) is 5.89. The average Bonchev–Trinajstić information content (AvgIpc) is 3.58. The highest BCUT2D eigenvalue weighted by atomic mass is 79.9. The molecular weight excluding hydrogens is 704 g/mol. The van der Waals surface area contributed by atoms with Crippen molar-refractivity contribution in [3.8, 4) is 11.5 Å². The van der Waals surface area contributed by atoms with Crippen LogP contribution in [0, 0.1) is 0 Å². The number of nitrogens with one attached hydrogen (secondary N) is 3. The summed E-state index contributed by atoms with van der Waals surface area (Å²) in [6.07, 6.45) is 1.97. The molecule has 0 bridgehead atoms. The number of benzene rings is 3. The summed E-state index contributed by atoms with van der Waals surface area (Å²) in [6.45, 7) is 3.55. The van der Waals surface area contributed by atoms with Crippen LogP contribution >= 0.6 is 15.9 Å². The van der Waals surface area contributed by atoms with E-state index in [9.17, 15) is 22.8 Å². The zero-order chi connectivity index (χ0) is 34.7. The van der Waals surface area contributed by atoms with Crippen LogP contribution in [0.3, 0.4) is 0 Å². The van der Waals surface area contributed by atoms with Crippen molar-refractivity contribution >= 4 is 59.9 Å². The van der Waals surface area contributed by atoms with Crippen molar-refractivity contribution in [2.45, 2.75) is 48.9 Å². The van der Waals surface area contributed by atoms with Gasteiger partial charge >= 0.3 is 6.09 Å². The van der Waals surface area contributed by atoms with E-state index < -0.39 is 33.3 Å². The van der Waals surface area contributed by atoms with E-state index in [0.29, 0.717) is 68.6 Å². The zero-order valence-corrected chi connectivity index (χ0v) is 29.5. The van der Waals surface area contributed by atoms with Crippen molar-refractivity contribution in [3.63, 3.8) is 0 Å². The molecular formula is C34H37BrN4O8S. The Labute approximate surface area is 286 Å². The number of aromatic amines is 1. The number of hydrogen-bond donors (Lipinski definition) is 3. The summed E-state index contributed by atoms with van der Waals surface area (Å²) in [7, 11) is 0.477. The molecule has 1 aromatic heterocycles. The monoisotopic (exact) mass is 740 g/mol. The van der Waals surface area contributed by atoms with Crippen molar-refractivity contribution < 1.29 is 32.2 Å². The molecule has 4 aromatic rings. The van der Waals surface area contributed by atoms with Gasteiger partial charge in [0.2, 0.25) is 5.91 Å². The molecule has 12 nitrogen and oxygen atoms in total. The molecule has 2 heterocycles. The number of sulfone groups is 1. The summed E-state index contributed by atoms with van der Waals surface area (Å²) < 4.78 is 43.6. The van der Waals surface area contributed by atoms with E-state index in [2.05, 4.69) is 31.5 Å². The molecule has 0 radical (unpaired) electrons. The van der Waals surface area contributed by atoms with E-state index in [1.165, 1.54) is 33.5 Å². The van der Waals surface area contributed by atoms with Crippen LogP contribution in [0.2, 0.25) is 0 Å². The molecule has 2 atom stereocenters. The maximum Gasteiger partial charge on any atom is 0.411 e. The van der Waals surface area contributed by atoms with E-state index >= 15 is 0 Å². The van der Waals surface area contributed by atoms with Crippen LogP contribution in [0.5, 0.6) is 11.5 Å². The van der Waals surface area contributed by atoms with Gasteiger partial charge in [0.15, 0.2) is 21.3 Å². The highest BCUT2D eigenvalue weighted by Crippen LogP contribution is 2.41. The third kappa shape index (κ3) is 6.85. The summed E-state index contributed by atoms with van der Waals surface area (Å²) in [5.74, 6) is 0.567. The highest BCUT2D eigenvalue weighted by molar-refractivity contribution is 9.10. The molecule has 3 aromatic carbocycles. The number of likely N-dealkylation sites (tertiary alicyclic amines) is 1. The number of carbonyl (C=O) groups is 2. The minimum Gasteiger partial charge on any atom is -0.493 e. The smallest absolute Gasteiger partial charge is 0.411 e. The number of nitrogens with zero attached hydrogens (tertiary/aromatic N) is 1. The normalized spacial score (nSPS) is 15.3. The third-order valence-electron chi connectivity index (χ3n) is 8.41. The lowest BCUT2D eigenvalue weighted by Gasteiger charge is -2.32. The Kier molecular flexibility index (Phi) is 10.3. The number of halogens is 1. The number of pyridine rings is 1. The molecule has 0 aliphatic carbocycles. The summed E-state index contributed by atoms with van der Waals surface area (Å²) in [6, 6.07) is 13.4. The Morgan fingerprint density at radius 2 is 1.69 bits per heavy atom. The van der Waals surface area contributed by atoms with Crippen LogP contribution in [-0.4, -0.2) is 63.4 Å². The van der Waals surface area contributed by atoms with Crippen molar-refractivity contribution in [2.75, 3.05) is 38.5 Å². The van der Waals surface area contributed by atoms with E-state index in [1.807, 2.05) is 0 Å². The van der Waals surface area contributed by atoms with Crippen LogP contribution < -0.4 is 25.7 Å². The first-order chi connectivity index (χ1) is 22.9. The van der Waals surface area contributed by atoms with Crippen LogP contribution in [0.1, 0.15) is 49.9 Å². The van der Waals surface area contributed by atoms with Crippen LogP contribution in [0.15, 0.2) is 75.0 Å². The Hall–Kier alpha value is -4.56. The van der Waals surface area contributed by atoms with Gasteiger partial charge in [0, 0.05) is 34.0 Å². The summed E-state index contributed by atoms with van der Waals surface area (Å²) >= 11 is 3.47. The molecule has 2 unspecified atom stereocenters. The number of carbonyl (C=O) groups excluding carboxylic acids is 2. The molecule has 5 rings (SSSR count). The first-order valence-corrected chi connectivity index (χ1v) is 17.6. The van der Waals surface area contributed by atoms with Gasteiger partial charge in [-0.05, 0) is 96.2 Å². The fourth-order valence-corrected chi connectivity index (χ4v) is 7.64. The van der Waals surface area contributed by atoms with Crippen LogP contribution in [0.4, 0.5) is 16.2 Å². The van der Waals surface area contributed by atoms with Crippen molar-refractivity contribution in [1.29, 1.82) is 0 Å². The van der Waals surface area contributed by atoms with E-state index in [4.69, 9.17) is 14.2 Å². The average molecular weight is 742 g/mol. The van der Waals surface area contributed by atoms with Crippen LogP contribution in [0.25, 0.3) is 10.8 Å².